The number of benzene rings is 1. The van der Waals surface area contributed by atoms with Gasteiger partial charge >= 0.3 is 0 Å². The van der Waals surface area contributed by atoms with Gasteiger partial charge in [0.2, 0.25) is 0 Å². The van der Waals surface area contributed by atoms with Crippen LogP contribution in [0.25, 0.3) is 11.3 Å². The zero-order valence-corrected chi connectivity index (χ0v) is 13.5. The number of nitrogens with zero attached hydrogens (tertiary/aromatic N) is 1. The average Bonchev–Trinajstić information content (AvgIpc) is 2.38. The van der Waals surface area contributed by atoms with Gasteiger partial charge in [0.1, 0.15) is 5.75 Å². The summed E-state index contributed by atoms with van der Waals surface area (Å²) in [5, 5.41) is 0. The first-order valence-corrected chi connectivity index (χ1v) is 6.12. The van der Waals surface area contributed by atoms with Crippen molar-refractivity contribution >= 4 is 17.0 Å². The zero-order valence-electron chi connectivity index (χ0n) is 11.8. The van der Waals surface area contributed by atoms with Gasteiger partial charge in [-0.05, 0) is 24.3 Å². The standard InChI is InChI=1S/C16H19NO.BrH/c1-16(2,3)15-10-6-9-14(17-15)12-7-5-8-13(11-12)18-4;/h5-11H,1-4H3;1H. The fraction of sp³-hybridized carbons (Fsp3) is 0.312. The molecule has 102 valence electrons. The van der Waals surface area contributed by atoms with Crippen LogP contribution in [0.3, 0.4) is 0 Å². The molecule has 0 unspecified atom stereocenters. The van der Waals surface area contributed by atoms with Crippen molar-refractivity contribution in [3.63, 3.8) is 0 Å². The molecule has 1 aromatic carbocycles. The molecule has 2 nitrogen and oxygen atoms in total. The lowest BCUT2D eigenvalue weighted by Crippen LogP contribution is -2.13. The Morgan fingerprint density at radius 1 is 1.00 bits per heavy atom. The van der Waals surface area contributed by atoms with Gasteiger partial charge in [-0.15, -0.1) is 17.0 Å². The van der Waals surface area contributed by atoms with Crippen molar-refractivity contribution in [2.24, 2.45) is 0 Å². The molecule has 0 aliphatic rings. The van der Waals surface area contributed by atoms with Crippen molar-refractivity contribution in [2.45, 2.75) is 26.2 Å². The molecule has 3 heteroatoms. The Bertz CT molecular complexity index is 546. The molecule has 2 aromatic rings. The molecule has 0 aliphatic carbocycles. The number of aromatic nitrogens is 1. The summed E-state index contributed by atoms with van der Waals surface area (Å²) >= 11 is 0. The molecule has 0 bridgehead atoms. The van der Waals surface area contributed by atoms with E-state index >= 15 is 0 Å². The molecule has 0 fully saturated rings. The highest BCUT2D eigenvalue weighted by Crippen LogP contribution is 2.26. The van der Waals surface area contributed by atoms with Crippen LogP contribution in [0, 0.1) is 0 Å². The lowest BCUT2D eigenvalue weighted by Gasteiger charge is -2.18. The highest BCUT2D eigenvalue weighted by Gasteiger charge is 2.15. The molecule has 1 heterocycles. The predicted octanol–water partition coefficient (Wildman–Crippen LogP) is 4.63. The second kappa shape index (κ2) is 6.20. The lowest BCUT2D eigenvalue weighted by atomic mass is 9.91. The summed E-state index contributed by atoms with van der Waals surface area (Å²) in [6.07, 6.45) is 0. The van der Waals surface area contributed by atoms with E-state index in [2.05, 4.69) is 39.0 Å². The van der Waals surface area contributed by atoms with Gasteiger partial charge in [0.05, 0.1) is 12.8 Å². The van der Waals surface area contributed by atoms with Crippen LogP contribution in [0.4, 0.5) is 0 Å². The van der Waals surface area contributed by atoms with E-state index in [1.807, 2.05) is 24.3 Å². The molecular weight excluding hydrogens is 302 g/mol. The highest BCUT2D eigenvalue weighted by molar-refractivity contribution is 8.93. The molecule has 0 amide bonds. The van der Waals surface area contributed by atoms with E-state index < -0.39 is 0 Å². The first kappa shape index (κ1) is 15.7. The number of hydrogen-bond donors (Lipinski definition) is 0. The second-order valence-corrected chi connectivity index (χ2v) is 5.39. The SMILES string of the molecule is Br.COc1cccc(-c2cccc(C(C)(C)C)n2)c1. The number of ether oxygens (including phenoxy) is 1. The molecular formula is C16H20BrNO. The maximum Gasteiger partial charge on any atom is 0.119 e. The van der Waals surface area contributed by atoms with Crippen LogP contribution in [-0.4, -0.2) is 12.1 Å². The summed E-state index contributed by atoms with van der Waals surface area (Å²) in [5.74, 6) is 0.857. The minimum atomic E-state index is 0. The third-order valence-electron chi connectivity index (χ3n) is 2.88. The maximum absolute atomic E-state index is 5.25. The molecule has 0 atom stereocenters. The quantitative estimate of drug-likeness (QED) is 0.804. The van der Waals surface area contributed by atoms with Gasteiger partial charge in [-0.25, -0.2) is 0 Å². The Hall–Kier alpha value is -1.35. The molecule has 0 saturated heterocycles. The zero-order chi connectivity index (χ0) is 13.2. The fourth-order valence-electron chi connectivity index (χ4n) is 1.80. The van der Waals surface area contributed by atoms with Crippen LogP contribution in [0.15, 0.2) is 42.5 Å². The van der Waals surface area contributed by atoms with Crippen molar-refractivity contribution in [1.82, 2.24) is 4.98 Å². The Morgan fingerprint density at radius 3 is 2.32 bits per heavy atom. The van der Waals surface area contributed by atoms with Gasteiger partial charge in [-0.1, -0.05) is 39.0 Å². The van der Waals surface area contributed by atoms with E-state index in [9.17, 15) is 0 Å². The fourth-order valence-corrected chi connectivity index (χ4v) is 1.80. The van der Waals surface area contributed by atoms with Gasteiger partial charge in [-0.2, -0.15) is 0 Å². The summed E-state index contributed by atoms with van der Waals surface area (Å²) < 4.78 is 5.25. The predicted molar refractivity (Wildman–Crippen MR) is 85.2 cm³/mol. The monoisotopic (exact) mass is 321 g/mol. The normalized spacial score (nSPS) is 10.7. The van der Waals surface area contributed by atoms with Crippen LogP contribution < -0.4 is 4.74 Å². The Kier molecular flexibility index (Phi) is 5.12. The number of methoxy groups -OCH3 is 1. The minimum absolute atomic E-state index is 0. The second-order valence-electron chi connectivity index (χ2n) is 5.39. The van der Waals surface area contributed by atoms with Crippen LogP contribution in [0.5, 0.6) is 5.75 Å². The van der Waals surface area contributed by atoms with E-state index in [4.69, 9.17) is 9.72 Å². The molecule has 2 rings (SSSR count). The van der Waals surface area contributed by atoms with Crippen molar-refractivity contribution in [3.8, 4) is 17.0 Å². The molecule has 0 aliphatic heterocycles. The van der Waals surface area contributed by atoms with E-state index in [1.54, 1.807) is 7.11 Å². The summed E-state index contributed by atoms with van der Waals surface area (Å²) in [6, 6.07) is 14.2. The Morgan fingerprint density at radius 2 is 1.68 bits per heavy atom. The topological polar surface area (TPSA) is 22.1 Å². The Balaban J connectivity index is 0.00000180. The van der Waals surface area contributed by atoms with Crippen molar-refractivity contribution < 1.29 is 4.74 Å². The molecule has 19 heavy (non-hydrogen) atoms. The maximum atomic E-state index is 5.25. The van der Waals surface area contributed by atoms with Crippen molar-refractivity contribution in [3.05, 3.63) is 48.2 Å². The lowest BCUT2D eigenvalue weighted by molar-refractivity contribution is 0.415. The van der Waals surface area contributed by atoms with Gasteiger partial charge < -0.3 is 4.74 Å². The average molecular weight is 322 g/mol. The number of rotatable bonds is 2. The molecule has 0 saturated carbocycles. The summed E-state index contributed by atoms with van der Waals surface area (Å²) in [6.45, 7) is 6.51. The van der Waals surface area contributed by atoms with E-state index in [0.717, 1.165) is 22.7 Å². The van der Waals surface area contributed by atoms with Crippen LogP contribution in [0.1, 0.15) is 26.5 Å². The van der Waals surface area contributed by atoms with Gasteiger partial charge in [0.15, 0.2) is 0 Å². The van der Waals surface area contributed by atoms with Gasteiger partial charge in [-0.3, -0.25) is 4.98 Å². The molecule has 1 aromatic heterocycles. The third kappa shape index (κ3) is 3.80. The van der Waals surface area contributed by atoms with E-state index in [0.29, 0.717) is 0 Å². The minimum Gasteiger partial charge on any atom is -0.497 e. The highest BCUT2D eigenvalue weighted by atomic mass is 79.9. The van der Waals surface area contributed by atoms with Gasteiger partial charge in [0.25, 0.3) is 0 Å². The summed E-state index contributed by atoms with van der Waals surface area (Å²) in [5.41, 5.74) is 3.24. The largest absolute Gasteiger partial charge is 0.497 e. The summed E-state index contributed by atoms with van der Waals surface area (Å²) in [4.78, 5) is 4.73. The van der Waals surface area contributed by atoms with Crippen molar-refractivity contribution in [1.29, 1.82) is 0 Å². The van der Waals surface area contributed by atoms with E-state index in [-0.39, 0.29) is 22.4 Å². The van der Waals surface area contributed by atoms with Gasteiger partial charge in [0, 0.05) is 16.7 Å². The smallest absolute Gasteiger partial charge is 0.119 e. The van der Waals surface area contributed by atoms with Crippen molar-refractivity contribution in [2.75, 3.05) is 7.11 Å². The number of pyridine rings is 1. The first-order valence-electron chi connectivity index (χ1n) is 6.12. The van der Waals surface area contributed by atoms with Crippen LogP contribution >= 0.6 is 17.0 Å². The third-order valence-corrected chi connectivity index (χ3v) is 2.88. The molecule has 0 spiro atoms. The van der Waals surface area contributed by atoms with E-state index in [1.165, 1.54) is 0 Å². The van der Waals surface area contributed by atoms with Crippen LogP contribution in [-0.2, 0) is 5.41 Å². The van der Waals surface area contributed by atoms with Crippen LogP contribution in [0.2, 0.25) is 0 Å². The number of halogens is 1. The molecule has 0 radical (unpaired) electrons. The summed E-state index contributed by atoms with van der Waals surface area (Å²) in [7, 11) is 1.68. The number of hydrogen-bond acceptors (Lipinski definition) is 2. The molecule has 0 N–H and O–H groups in total. The first-order chi connectivity index (χ1) is 8.50. The Labute approximate surface area is 125 Å².